The number of carbonyl (C=O) groups excluding carboxylic acids is 1. The molecular formula is C23H23FN4O4S2. The second kappa shape index (κ2) is 11.2. The van der Waals surface area contributed by atoms with Crippen LogP contribution in [0.25, 0.3) is 0 Å². The molecule has 0 spiro atoms. The van der Waals surface area contributed by atoms with Gasteiger partial charge in [0.2, 0.25) is 10.0 Å². The van der Waals surface area contributed by atoms with E-state index in [1.165, 1.54) is 30.6 Å². The van der Waals surface area contributed by atoms with Gasteiger partial charge in [-0.2, -0.15) is 5.26 Å². The average molecular weight is 503 g/mol. The summed E-state index contributed by atoms with van der Waals surface area (Å²) in [6, 6.07) is 14.9. The van der Waals surface area contributed by atoms with E-state index in [1.807, 2.05) is 4.90 Å². The molecule has 0 saturated carbocycles. The standard InChI is InChI=1S/C23H23FN4O4S2/c1-16-21(22(29)27-34(30,31)13-3-12-32-2)26-23(33-16)28(15-18-4-8-19(24)9-5-18)20-10-6-17(14-25)7-11-20/h4-11H,3,12-13,15H2,1-2H3,(H,27,29). The van der Waals surface area contributed by atoms with Gasteiger partial charge in [0, 0.05) is 24.3 Å². The van der Waals surface area contributed by atoms with Crippen molar-refractivity contribution in [3.63, 3.8) is 0 Å². The Kier molecular flexibility index (Phi) is 8.33. The van der Waals surface area contributed by atoms with Crippen LogP contribution >= 0.6 is 11.3 Å². The summed E-state index contributed by atoms with van der Waals surface area (Å²) in [5.41, 5.74) is 1.99. The van der Waals surface area contributed by atoms with Gasteiger partial charge >= 0.3 is 0 Å². The van der Waals surface area contributed by atoms with Crippen molar-refractivity contribution >= 4 is 38.1 Å². The minimum Gasteiger partial charge on any atom is -0.385 e. The number of methoxy groups -OCH3 is 1. The van der Waals surface area contributed by atoms with E-state index in [0.29, 0.717) is 27.8 Å². The minimum absolute atomic E-state index is 0.00747. The molecule has 178 valence electrons. The fourth-order valence-electron chi connectivity index (χ4n) is 3.10. The molecule has 11 heteroatoms. The lowest BCUT2D eigenvalue weighted by Gasteiger charge is -2.22. The minimum atomic E-state index is -3.84. The number of carbonyl (C=O) groups is 1. The summed E-state index contributed by atoms with van der Waals surface area (Å²) < 4.78 is 44.7. The van der Waals surface area contributed by atoms with Gasteiger partial charge in [-0.25, -0.2) is 22.5 Å². The van der Waals surface area contributed by atoms with E-state index in [1.54, 1.807) is 43.3 Å². The molecule has 0 aliphatic carbocycles. The van der Waals surface area contributed by atoms with Crippen molar-refractivity contribution < 1.29 is 22.3 Å². The van der Waals surface area contributed by atoms with Crippen molar-refractivity contribution in [3.8, 4) is 6.07 Å². The van der Waals surface area contributed by atoms with E-state index in [4.69, 9.17) is 10.00 Å². The van der Waals surface area contributed by atoms with Crippen LogP contribution in [-0.2, 0) is 21.3 Å². The predicted octanol–water partition coefficient (Wildman–Crippen LogP) is 3.90. The van der Waals surface area contributed by atoms with Gasteiger partial charge in [-0.1, -0.05) is 12.1 Å². The summed E-state index contributed by atoms with van der Waals surface area (Å²) in [4.78, 5) is 19.5. The largest absolute Gasteiger partial charge is 0.385 e. The van der Waals surface area contributed by atoms with Crippen molar-refractivity contribution in [2.24, 2.45) is 0 Å². The molecule has 1 N–H and O–H groups in total. The first-order chi connectivity index (χ1) is 16.2. The molecule has 0 atom stereocenters. The van der Waals surface area contributed by atoms with Crippen LogP contribution in [-0.4, -0.2) is 38.8 Å². The van der Waals surface area contributed by atoms with Crippen LogP contribution in [0.3, 0.4) is 0 Å². The van der Waals surface area contributed by atoms with Gasteiger partial charge in [0.1, 0.15) is 11.5 Å². The zero-order valence-electron chi connectivity index (χ0n) is 18.6. The van der Waals surface area contributed by atoms with Gasteiger partial charge in [-0.3, -0.25) is 4.79 Å². The maximum atomic E-state index is 13.4. The number of aryl methyl sites for hydroxylation is 1. The van der Waals surface area contributed by atoms with Gasteiger partial charge in [0.25, 0.3) is 5.91 Å². The Morgan fingerprint density at radius 1 is 1.21 bits per heavy atom. The topological polar surface area (TPSA) is 112 Å². The fraction of sp³-hybridized carbons (Fsp3) is 0.261. The smallest absolute Gasteiger partial charge is 0.284 e. The number of aromatic nitrogens is 1. The van der Waals surface area contributed by atoms with E-state index >= 15 is 0 Å². The molecule has 34 heavy (non-hydrogen) atoms. The lowest BCUT2D eigenvalue weighted by molar-refractivity contribution is 0.0976. The fourth-order valence-corrected chi connectivity index (χ4v) is 5.01. The number of hydrogen-bond acceptors (Lipinski definition) is 8. The maximum absolute atomic E-state index is 13.4. The second-order valence-electron chi connectivity index (χ2n) is 7.37. The Hall–Kier alpha value is -3.33. The molecule has 1 amide bonds. The molecule has 8 nitrogen and oxygen atoms in total. The quantitative estimate of drug-likeness (QED) is 0.419. The van der Waals surface area contributed by atoms with Crippen molar-refractivity contribution in [3.05, 3.63) is 76.0 Å². The van der Waals surface area contributed by atoms with Crippen LogP contribution in [0.5, 0.6) is 0 Å². The number of hydrogen-bond donors (Lipinski definition) is 1. The van der Waals surface area contributed by atoms with Gasteiger partial charge in [-0.05, 0) is 55.3 Å². The van der Waals surface area contributed by atoms with E-state index < -0.39 is 15.9 Å². The summed E-state index contributed by atoms with van der Waals surface area (Å²) in [5, 5.41) is 9.55. The van der Waals surface area contributed by atoms with Gasteiger partial charge in [0.15, 0.2) is 5.13 Å². The van der Waals surface area contributed by atoms with Crippen molar-refractivity contribution in [2.45, 2.75) is 19.9 Å². The van der Waals surface area contributed by atoms with Crippen molar-refractivity contribution in [2.75, 3.05) is 24.4 Å². The Bertz CT molecular complexity index is 1280. The summed E-state index contributed by atoms with van der Waals surface area (Å²) >= 11 is 1.23. The van der Waals surface area contributed by atoms with Gasteiger partial charge < -0.3 is 9.64 Å². The summed E-state index contributed by atoms with van der Waals surface area (Å²) in [5.74, 6) is -1.41. The average Bonchev–Trinajstić information content (AvgIpc) is 3.20. The first-order valence-corrected chi connectivity index (χ1v) is 12.7. The molecule has 2 aromatic carbocycles. The van der Waals surface area contributed by atoms with E-state index in [-0.39, 0.29) is 30.3 Å². The molecule has 0 fully saturated rings. The molecule has 1 aromatic heterocycles. The number of amides is 1. The van der Waals surface area contributed by atoms with Crippen LogP contribution in [0, 0.1) is 24.1 Å². The van der Waals surface area contributed by atoms with Crippen molar-refractivity contribution in [1.29, 1.82) is 5.26 Å². The van der Waals surface area contributed by atoms with Crippen molar-refractivity contribution in [1.82, 2.24) is 9.71 Å². The molecule has 0 aliphatic heterocycles. The number of anilines is 2. The highest BCUT2D eigenvalue weighted by Crippen LogP contribution is 2.33. The summed E-state index contributed by atoms with van der Waals surface area (Å²) in [6.07, 6.45) is 0.255. The van der Waals surface area contributed by atoms with Crippen LogP contribution in [0.4, 0.5) is 15.2 Å². The van der Waals surface area contributed by atoms with E-state index in [0.717, 1.165) is 5.56 Å². The number of halogens is 1. The first-order valence-electron chi connectivity index (χ1n) is 10.3. The molecule has 0 unspecified atom stereocenters. The molecule has 3 aromatic rings. The normalized spacial score (nSPS) is 11.1. The third kappa shape index (κ3) is 6.60. The van der Waals surface area contributed by atoms with Crippen LogP contribution in [0.1, 0.15) is 32.9 Å². The number of rotatable bonds is 10. The Balaban J connectivity index is 1.90. The molecule has 3 rings (SSSR count). The van der Waals surface area contributed by atoms with Crippen LogP contribution < -0.4 is 9.62 Å². The number of ether oxygens (including phenoxy) is 1. The number of nitrogens with one attached hydrogen (secondary N) is 1. The summed E-state index contributed by atoms with van der Waals surface area (Å²) in [7, 11) is -2.37. The van der Waals surface area contributed by atoms with E-state index in [9.17, 15) is 17.6 Å². The molecule has 0 bridgehead atoms. The number of thiazole rings is 1. The summed E-state index contributed by atoms with van der Waals surface area (Å²) in [6.45, 7) is 2.26. The highest BCUT2D eigenvalue weighted by Gasteiger charge is 2.23. The molecule has 0 radical (unpaired) electrons. The number of nitriles is 1. The lowest BCUT2D eigenvalue weighted by Crippen LogP contribution is -2.33. The third-order valence-electron chi connectivity index (χ3n) is 4.80. The number of benzene rings is 2. The maximum Gasteiger partial charge on any atom is 0.284 e. The first kappa shape index (κ1) is 25.3. The van der Waals surface area contributed by atoms with Gasteiger partial charge in [-0.15, -0.1) is 11.3 Å². The van der Waals surface area contributed by atoms with Crippen LogP contribution in [0.15, 0.2) is 48.5 Å². The van der Waals surface area contributed by atoms with Crippen LogP contribution in [0.2, 0.25) is 0 Å². The Labute approximate surface area is 201 Å². The lowest BCUT2D eigenvalue weighted by atomic mass is 10.1. The zero-order valence-corrected chi connectivity index (χ0v) is 20.2. The Morgan fingerprint density at radius 2 is 1.88 bits per heavy atom. The highest BCUT2D eigenvalue weighted by molar-refractivity contribution is 7.90. The third-order valence-corrected chi connectivity index (χ3v) is 7.12. The number of nitrogens with zero attached hydrogens (tertiary/aromatic N) is 3. The SMILES string of the molecule is COCCCS(=O)(=O)NC(=O)c1nc(N(Cc2ccc(F)cc2)c2ccc(C#N)cc2)sc1C. The molecular weight excluding hydrogens is 479 g/mol. The predicted molar refractivity (Wildman–Crippen MR) is 128 cm³/mol. The molecule has 0 saturated heterocycles. The monoisotopic (exact) mass is 502 g/mol. The van der Waals surface area contributed by atoms with E-state index in [2.05, 4.69) is 15.8 Å². The zero-order chi connectivity index (χ0) is 24.7. The highest BCUT2D eigenvalue weighted by atomic mass is 32.2. The van der Waals surface area contributed by atoms with Gasteiger partial charge in [0.05, 0.1) is 23.9 Å². The Morgan fingerprint density at radius 3 is 2.50 bits per heavy atom. The number of sulfonamides is 1. The molecule has 1 heterocycles. The second-order valence-corrected chi connectivity index (χ2v) is 10.4. The molecule has 0 aliphatic rings.